The number of thioether (sulfide) groups is 1. The Bertz CT molecular complexity index is 841. The second kappa shape index (κ2) is 8.12. The van der Waals surface area contributed by atoms with Crippen LogP contribution in [0.1, 0.15) is 22.0 Å². The van der Waals surface area contributed by atoms with E-state index in [4.69, 9.17) is 11.6 Å². The number of rotatable bonds is 5. The van der Waals surface area contributed by atoms with Crippen molar-refractivity contribution < 1.29 is 9.59 Å². The van der Waals surface area contributed by atoms with E-state index in [1.165, 1.54) is 11.8 Å². The summed E-state index contributed by atoms with van der Waals surface area (Å²) in [6.07, 6.45) is 0. The number of hydrogen-bond acceptors (Lipinski definition) is 4. The lowest BCUT2D eigenvalue weighted by Crippen LogP contribution is -2.34. The Hall–Kier alpha value is -2.02. The van der Waals surface area contributed by atoms with Gasteiger partial charge in [-0.2, -0.15) is 0 Å². The Morgan fingerprint density at radius 1 is 1.31 bits per heavy atom. The molecule has 0 aliphatic carbocycles. The van der Waals surface area contributed by atoms with Crippen molar-refractivity contribution in [2.75, 3.05) is 31.7 Å². The quantitative estimate of drug-likeness (QED) is 0.822. The highest BCUT2D eigenvalue weighted by Gasteiger charge is 2.20. The number of halogens is 1. The van der Waals surface area contributed by atoms with E-state index in [1.807, 2.05) is 49.3 Å². The molecule has 26 heavy (non-hydrogen) atoms. The third-order valence-electron chi connectivity index (χ3n) is 4.22. The molecule has 0 saturated carbocycles. The van der Waals surface area contributed by atoms with Crippen LogP contribution in [-0.2, 0) is 4.79 Å². The lowest BCUT2D eigenvalue weighted by Gasteiger charge is -2.26. The molecule has 2 N–H and O–H groups in total. The first kappa shape index (κ1) is 18.8. The zero-order chi connectivity index (χ0) is 18.7. The van der Waals surface area contributed by atoms with Crippen molar-refractivity contribution in [1.82, 2.24) is 10.2 Å². The minimum atomic E-state index is -0.184. The summed E-state index contributed by atoms with van der Waals surface area (Å²) in [4.78, 5) is 27.1. The minimum Gasteiger partial charge on any atom is -0.350 e. The van der Waals surface area contributed by atoms with E-state index in [9.17, 15) is 9.59 Å². The van der Waals surface area contributed by atoms with Crippen LogP contribution in [0.2, 0.25) is 5.02 Å². The molecule has 0 spiro atoms. The third kappa shape index (κ3) is 4.20. The highest BCUT2D eigenvalue weighted by Crippen LogP contribution is 2.32. The molecule has 0 fully saturated rings. The Kier molecular flexibility index (Phi) is 5.86. The van der Waals surface area contributed by atoms with Crippen LogP contribution in [0.15, 0.2) is 47.4 Å². The molecular weight excluding hydrogens is 370 g/mol. The molecular formula is C19H20ClN3O2S. The standard InChI is InChI=1S/C19H20ClN3O2S/c1-23(2)16(13-5-3-4-6-14(13)20)10-21-19(25)12-7-8-17-15(9-12)22-18(24)11-26-17/h3-9,16H,10-11H2,1-2H3,(H,21,25)(H,22,24). The van der Waals surface area contributed by atoms with Crippen LogP contribution in [0.25, 0.3) is 0 Å². The highest BCUT2D eigenvalue weighted by atomic mass is 35.5. The van der Waals surface area contributed by atoms with Gasteiger partial charge in [0.05, 0.1) is 17.5 Å². The Labute approximate surface area is 162 Å². The second-order valence-electron chi connectivity index (χ2n) is 6.26. The van der Waals surface area contributed by atoms with E-state index >= 15 is 0 Å². The average Bonchev–Trinajstić information content (AvgIpc) is 2.62. The Morgan fingerprint density at radius 2 is 2.08 bits per heavy atom. The van der Waals surface area contributed by atoms with E-state index < -0.39 is 0 Å². The van der Waals surface area contributed by atoms with Gasteiger partial charge in [-0.15, -0.1) is 11.8 Å². The summed E-state index contributed by atoms with van der Waals surface area (Å²) in [7, 11) is 3.90. The van der Waals surface area contributed by atoms with Crippen LogP contribution >= 0.6 is 23.4 Å². The lowest BCUT2D eigenvalue weighted by atomic mass is 10.1. The first-order chi connectivity index (χ1) is 12.5. The van der Waals surface area contributed by atoms with Gasteiger partial charge in [-0.1, -0.05) is 29.8 Å². The summed E-state index contributed by atoms with van der Waals surface area (Å²) in [5, 5.41) is 6.45. The number of anilines is 1. The molecule has 2 amide bonds. The van der Waals surface area contributed by atoms with Crippen LogP contribution in [-0.4, -0.2) is 43.1 Å². The third-order valence-corrected chi connectivity index (χ3v) is 5.64. The van der Waals surface area contributed by atoms with E-state index in [1.54, 1.807) is 12.1 Å². The Morgan fingerprint density at radius 3 is 2.81 bits per heavy atom. The SMILES string of the molecule is CN(C)C(CNC(=O)c1ccc2c(c1)NC(=O)CS2)c1ccccc1Cl. The summed E-state index contributed by atoms with van der Waals surface area (Å²) >= 11 is 7.78. The van der Waals surface area contributed by atoms with Crippen LogP contribution in [0.3, 0.4) is 0 Å². The number of amides is 2. The molecule has 1 aliphatic heterocycles. The Balaban J connectivity index is 1.72. The summed E-state index contributed by atoms with van der Waals surface area (Å²) in [6, 6.07) is 12.9. The van der Waals surface area contributed by atoms with Crippen LogP contribution in [0.5, 0.6) is 0 Å². The molecule has 1 atom stereocenters. The van der Waals surface area contributed by atoms with Gasteiger partial charge < -0.3 is 15.5 Å². The summed E-state index contributed by atoms with van der Waals surface area (Å²) in [5.74, 6) is 0.170. The minimum absolute atomic E-state index is 0.0412. The average molecular weight is 390 g/mol. The summed E-state index contributed by atoms with van der Waals surface area (Å²) in [5.41, 5.74) is 2.17. The van der Waals surface area contributed by atoms with E-state index in [0.717, 1.165) is 10.5 Å². The molecule has 3 rings (SSSR count). The summed E-state index contributed by atoms with van der Waals surface area (Å²) < 4.78 is 0. The molecule has 1 heterocycles. The number of hydrogen-bond donors (Lipinski definition) is 2. The zero-order valence-corrected chi connectivity index (χ0v) is 16.2. The normalized spacial score (nSPS) is 14.5. The molecule has 1 unspecified atom stereocenters. The maximum Gasteiger partial charge on any atom is 0.251 e. The molecule has 0 aromatic heterocycles. The van der Waals surface area contributed by atoms with Gasteiger partial charge in [0.1, 0.15) is 0 Å². The largest absolute Gasteiger partial charge is 0.350 e. The number of carbonyl (C=O) groups excluding carboxylic acids is 2. The number of nitrogens with one attached hydrogen (secondary N) is 2. The molecule has 2 aromatic rings. The monoisotopic (exact) mass is 389 g/mol. The van der Waals surface area contributed by atoms with Crippen molar-refractivity contribution in [3.63, 3.8) is 0 Å². The van der Waals surface area contributed by atoms with Gasteiger partial charge in [0, 0.05) is 22.0 Å². The number of carbonyl (C=O) groups is 2. The fraction of sp³-hybridized carbons (Fsp3) is 0.263. The van der Waals surface area contributed by atoms with Gasteiger partial charge in [-0.3, -0.25) is 9.59 Å². The number of fused-ring (bicyclic) bond motifs is 1. The highest BCUT2D eigenvalue weighted by molar-refractivity contribution is 8.00. The van der Waals surface area contributed by atoms with E-state index in [2.05, 4.69) is 10.6 Å². The van der Waals surface area contributed by atoms with E-state index in [-0.39, 0.29) is 17.9 Å². The second-order valence-corrected chi connectivity index (χ2v) is 7.68. The number of benzene rings is 2. The van der Waals surface area contributed by atoms with Crippen molar-refractivity contribution in [3.05, 3.63) is 58.6 Å². The maximum atomic E-state index is 12.6. The first-order valence-corrected chi connectivity index (χ1v) is 9.58. The first-order valence-electron chi connectivity index (χ1n) is 8.21. The van der Waals surface area contributed by atoms with Gasteiger partial charge >= 0.3 is 0 Å². The molecule has 0 bridgehead atoms. The van der Waals surface area contributed by atoms with Crippen molar-refractivity contribution in [2.24, 2.45) is 0 Å². The molecule has 2 aromatic carbocycles. The molecule has 0 radical (unpaired) electrons. The topological polar surface area (TPSA) is 61.4 Å². The van der Waals surface area contributed by atoms with Crippen molar-refractivity contribution in [3.8, 4) is 0 Å². The van der Waals surface area contributed by atoms with Gasteiger partial charge in [-0.25, -0.2) is 0 Å². The maximum absolute atomic E-state index is 12.6. The molecule has 0 saturated heterocycles. The fourth-order valence-electron chi connectivity index (χ4n) is 2.83. The predicted molar refractivity (Wildman–Crippen MR) is 106 cm³/mol. The number of nitrogens with zero attached hydrogens (tertiary/aromatic N) is 1. The molecule has 5 nitrogen and oxygen atoms in total. The lowest BCUT2D eigenvalue weighted by molar-refractivity contribution is -0.113. The van der Waals surface area contributed by atoms with E-state index in [0.29, 0.717) is 28.6 Å². The summed E-state index contributed by atoms with van der Waals surface area (Å²) in [6.45, 7) is 0.424. The molecule has 7 heteroatoms. The van der Waals surface area contributed by atoms with Crippen molar-refractivity contribution >= 4 is 40.9 Å². The fourth-order valence-corrected chi connectivity index (χ4v) is 3.88. The molecule has 136 valence electrons. The predicted octanol–water partition coefficient (Wildman–Crippen LogP) is 3.42. The number of likely N-dealkylation sites (N-methyl/N-ethyl adjacent to an activating group) is 1. The van der Waals surface area contributed by atoms with Crippen LogP contribution in [0.4, 0.5) is 5.69 Å². The zero-order valence-electron chi connectivity index (χ0n) is 14.6. The van der Waals surface area contributed by atoms with Crippen molar-refractivity contribution in [1.29, 1.82) is 0 Å². The smallest absolute Gasteiger partial charge is 0.251 e. The van der Waals surface area contributed by atoms with Crippen LogP contribution in [0, 0.1) is 0 Å². The van der Waals surface area contributed by atoms with Crippen molar-refractivity contribution in [2.45, 2.75) is 10.9 Å². The van der Waals surface area contributed by atoms with Gasteiger partial charge in [-0.05, 0) is 43.9 Å². The van der Waals surface area contributed by atoms with Gasteiger partial charge in [0.2, 0.25) is 5.91 Å². The molecule has 1 aliphatic rings. The van der Waals surface area contributed by atoms with Crippen LogP contribution < -0.4 is 10.6 Å². The van der Waals surface area contributed by atoms with Gasteiger partial charge in [0.25, 0.3) is 5.91 Å². The van der Waals surface area contributed by atoms with Gasteiger partial charge in [0.15, 0.2) is 0 Å².